The Morgan fingerprint density at radius 1 is 1.39 bits per heavy atom. The fraction of sp³-hybridized carbons (Fsp3) is 0.357. The second-order valence-corrected chi connectivity index (χ2v) is 4.94. The Morgan fingerprint density at radius 2 is 2.28 bits per heavy atom. The molecule has 4 nitrogen and oxygen atoms in total. The maximum absolute atomic E-state index is 5.86. The molecule has 1 aliphatic heterocycles. The number of rotatable bonds is 2. The van der Waals surface area contributed by atoms with Crippen LogP contribution in [0.25, 0.3) is 0 Å². The van der Waals surface area contributed by atoms with Gasteiger partial charge < -0.3 is 15.2 Å². The van der Waals surface area contributed by atoms with Gasteiger partial charge in [-0.1, -0.05) is 0 Å². The molecule has 1 atom stereocenters. The number of imidazole rings is 1. The molecule has 1 saturated heterocycles. The van der Waals surface area contributed by atoms with Gasteiger partial charge in [0.05, 0.1) is 12.4 Å². The van der Waals surface area contributed by atoms with Crippen molar-refractivity contribution in [3.05, 3.63) is 42.5 Å². The lowest BCUT2D eigenvalue weighted by Crippen LogP contribution is -2.20. The first-order chi connectivity index (χ1) is 8.74. The molecule has 4 heteroatoms. The van der Waals surface area contributed by atoms with E-state index in [1.165, 1.54) is 12.1 Å². The number of aromatic nitrogens is 2. The molecular formula is C14H18N4. The zero-order valence-electron chi connectivity index (χ0n) is 10.6. The molecule has 3 rings (SSSR count). The summed E-state index contributed by atoms with van der Waals surface area (Å²) in [5, 5.41) is 0. The summed E-state index contributed by atoms with van der Waals surface area (Å²) in [6.45, 7) is 4.19. The Labute approximate surface area is 107 Å². The number of benzene rings is 1. The van der Waals surface area contributed by atoms with Crippen LogP contribution in [0.1, 0.15) is 18.0 Å². The van der Waals surface area contributed by atoms with E-state index >= 15 is 0 Å². The summed E-state index contributed by atoms with van der Waals surface area (Å²) in [7, 11) is 0. The first-order valence-corrected chi connectivity index (χ1v) is 6.32. The minimum atomic E-state index is 0.533. The quantitative estimate of drug-likeness (QED) is 0.821. The van der Waals surface area contributed by atoms with E-state index in [0.717, 1.165) is 24.3 Å². The molecule has 0 saturated carbocycles. The van der Waals surface area contributed by atoms with Crippen LogP contribution in [0.2, 0.25) is 0 Å². The van der Waals surface area contributed by atoms with Crippen LogP contribution >= 0.6 is 0 Å². The molecule has 0 spiro atoms. The van der Waals surface area contributed by atoms with Crippen molar-refractivity contribution >= 4 is 11.4 Å². The largest absolute Gasteiger partial charge is 0.399 e. The number of hydrogen-bond donors (Lipinski definition) is 1. The summed E-state index contributed by atoms with van der Waals surface area (Å²) in [5.41, 5.74) is 9.15. The van der Waals surface area contributed by atoms with Gasteiger partial charge in [0.2, 0.25) is 0 Å². The van der Waals surface area contributed by atoms with E-state index in [9.17, 15) is 0 Å². The molecule has 1 aromatic heterocycles. The van der Waals surface area contributed by atoms with Crippen molar-refractivity contribution in [3.8, 4) is 0 Å². The Hall–Kier alpha value is -1.97. The van der Waals surface area contributed by atoms with Gasteiger partial charge >= 0.3 is 0 Å². The maximum atomic E-state index is 5.86. The molecule has 0 amide bonds. The molecule has 2 aromatic rings. The van der Waals surface area contributed by atoms with Crippen molar-refractivity contribution in [3.63, 3.8) is 0 Å². The zero-order chi connectivity index (χ0) is 12.5. The van der Waals surface area contributed by atoms with E-state index < -0.39 is 0 Å². The molecule has 1 aliphatic rings. The first-order valence-electron chi connectivity index (χ1n) is 6.32. The molecule has 1 fully saturated rings. The van der Waals surface area contributed by atoms with E-state index in [1.807, 2.05) is 24.8 Å². The highest BCUT2D eigenvalue weighted by Gasteiger charge is 2.23. The molecular weight excluding hydrogens is 224 g/mol. The third-order valence-corrected chi connectivity index (χ3v) is 3.73. The smallest absolute Gasteiger partial charge is 0.0949 e. The second kappa shape index (κ2) is 4.37. The Balaban J connectivity index is 1.77. The minimum absolute atomic E-state index is 0.533. The van der Waals surface area contributed by atoms with Crippen molar-refractivity contribution < 1.29 is 0 Å². The Bertz CT molecular complexity index is 533. The summed E-state index contributed by atoms with van der Waals surface area (Å²) in [6, 6.07) is 6.81. The van der Waals surface area contributed by atoms with Crippen LogP contribution < -0.4 is 10.6 Å². The van der Waals surface area contributed by atoms with Crippen molar-refractivity contribution in [1.82, 2.24) is 9.55 Å². The van der Waals surface area contributed by atoms with Gasteiger partial charge in [0.1, 0.15) is 0 Å². The van der Waals surface area contributed by atoms with Crippen LogP contribution in [0.5, 0.6) is 0 Å². The van der Waals surface area contributed by atoms with Gasteiger partial charge in [-0.15, -0.1) is 0 Å². The predicted molar refractivity (Wildman–Crippen MR) is 73.7 cm³/mol. The number of nitrogens with two attached hydrogens (primary N) is 1. The molecule has 0 bridgehead atoms. The lowest BCUT2D eigenvalue weighted by molar-refractivity contribution is 0.551. The van der Waals surface area contributed by atoms with Crippen molar-refractivity contribution in [2.24, 2.45) is 0 Å². The molecule has 94 valence electrons. The van der Waals surface area contributed by atoms with Gasteiger partial charge in [-0.3, -0.25) is 0 Å². The molecule has 1 aromatic carbocycles. The van der Waals surface area contributed by atoms with E-state index in [0.29, 0.717) is 6.04 Å². The lowest BCUT2D eigenvalue weighted by atomic mass is 10.2. The second-order valence-electron chi connectivity index (χ2n) is 4.94. The Kier molecular flexibility index (Phi) is 2.70. The number of anilines is 2. The fourth-order valence-electron chi connectivity index (χ4n) is 2.56. The predicted octanol–water partition coefficient (Wildman–Crippen LogP) is 2.23. The van der Waals surface area contributed by atoms with Gasteiger partial charge in [0, 0.05) is 36.9 Å². The summed E-state index contributed by atoms with van der Waals surface area (Å²) < 4.78 is 2.20. The molecule has 1 unspecified atom stereocenters. The normalized spacial score (nSPS) is 19.4. The lowest BCUT2D eigenvalue weighted by Gasteiger charge is -2.20. The summed E-state index contributed by atoms with van der Waals surface area (Å²) in [4.78, 5) is 6.53. The van der Waals surface area contributed by atoms with Crippen LogP contribution in [0.4, 0.5) is 11.4 Å². The number of aryl methyl sites for hydroxylation is 1. The SMILES string of the molecule is Cc1cc(N2CCC(n3ccnc3)C2)ccc1N. The zero-order valence-corrected chi connectivity index (χ0v) is 10.6. The van der Waals surface area contributed by atoms with Gasteiger partial charge in [0.15, 0.2) is 0 Å². The van der Waals surface area contributed by atoms with Crippen LogP contribution in [0.15, 0.2) is 36.9 Å². The highest BCUT2D eigenvalue weighted by Crippen LogP contribution is 2.28. The molecule has 18 heavy (non-hydrogen) atoms. The minimum Gasteiger partial charge on any atom is -0.399 e. The monoisotopic (exact) mass is 242 g/mol. The third-order valence-electron chi connectivity index (χ3n) is 3.73. The van der Waals surface area contributed by atoms with Gasteiger partial charge in [0.25, 0.3) is 0 Å². The van der Waals surface area contributed by atoms with E-state index in [2.05, 4.69) is 33.5 Å². The molecule has 2 heterocycles. The van der Waals surface area contributed by atoms with Crippen molar-refractivity contribution in [1.29, 1.82) is 0 Å². The van der Waals surface area contributed by atoms with Crippen LogP contribution in [-0.2, 0) is 0 Å². The van der Waals surface area contributed by atoms with Crippen LogP contribution in [0, 0.1) is 6.92 Å². The third kappa shape index (κ3) is 1.94. The van der Waals surface area contributed by atoms with E-state index in [-0.39, 0.29) is 0 Å². The number of nitrogen functional groups attached to an aromatic ring is 1. The number of nitrogens with zero attached hydrogens (tertiary/aromatic N) is 3. The van der Waals surface area contributed by atoms with Gasteiger partial charge in [-0.2, -0.15) is 0 Å². The standard InChI is InChI=1S/C14H18N4/c1-11-8-12(2-3-14(11)15)17-6-4-13(9-17)18-7-5-16-10-18/h2-3,5,7-8,10,13H,4,6,9,15H2,1H3. The van der Waals surface area contributed by atoms with Crippen molar-refractivity contribution in [2.75, 3.05) is 23.7 Å². The average molecular weight is 242 g/mol. The summed E-state index contributed by atoms with van der Waals surface area (Å²) in [5.74, 6) is 0. The Morgan fingerprint density at radius 3 is 3.00 bits per heavy atom. The van der Waals surface area contributed by atoms with Gasteiger partial charge in [-0.05, 0) is 37.1 Å². The highest BCUT2D eigenvalue weighted by atomic mass is 15.2. The van der Waals surface area contributed by atoms with Gasteiger partial charge in [-0.25, -0.2) is 4.98 Å². The molecule has 0 radical (unpaired) electrons. The molecule has 2 N–H and O–H groups in total. The highest BCUT2D eigenvalue weighted by molar-refractivity contribution is 5.58. The van der Waals surface area contributed by atoms with Crippen molar-refractivity contribution in [2.45, 2.75) is 19.4 Å². The number of hydrogen-bond acceptors (Lipinski definition) is 3. The topological polar surface area (TPSA) is 47.1 Å². The maximum Gasteiger partial charge on any atom is 0.0949 e. The van der Waals surface area contributed by atoms with E-state index in [1.54, 1.807) is 0 Å². The summed E-state index contributed by atoms with van der Waals surface area (Å²) in [6.07, 6.45) is 6.96. The van der Waals surface area contributed by atoms with E-state index in [4.69, 9.17) is 5.73 Å². The fourth-order valence-corrected chi connectivity index (χ4v) is 2.56. The van der Waals surface area contributed by atoms with Crippen LogP contribution in [-0.4, -0.2) is 22.6 Å². The average Bonchev–Trinajstić information content (AvgIpc) is 3.01. The first kappa shape index (κ1) is 11.1. The summed E-state index contributed by atoms with van der Waals surface area (Å²) >= 11 is 0. The van der Waals surface area contributed by atoms with Crippen LogP contribution in [0.3, 0.4) is 0 Å². The molecule has 0 aliphatic carbocycles.